The predicted molar refractivity (Wildman–Crippen MR) is 101 cm³/mol. The number of carbonyl (C=O) groups excluding carboxylic acids is 2. The minimum absolute atomic E-state index is 0.0668. The van der Waals surface area contributed by atoms with E-state index in [1.807, 2.05) is 18.2 Å². The zero-order valence-corrected chi connectivity index (χ0v) is 14.3. The third-order valence-electron chi connectivity index (χ3n) is 4.10. The van der Waals surface area contributed by atoms with Gasteiger partial charge < -0.3 is 10.4 Å². The average Bonchev–Trinajstić information content (AvgIpc) is 2.73. The van der Waals surface area contributed by atoms with Crippen LogP contribution in [0.25, 0.3) is 11.1 Å². The lowest BCUT2D eigenvalue weighted by Gasteiger charge is -2.09. The molecule has 0 aliphatic rings. The summed E-state index contributed by atoms with van der Waals surface area (Å²) in [5.74, 6) is -0.818. The molecule has 0 aliphatic carbocycles. The third kappa shape index (κ3) is 4.38. The van der Waals surface area contributed by atoms with Gasteiger partial charge in [-0.15, -0.1) is 0 Å². The predicted octanol–water partition coefficient (Wildman–Crippen LogP) is 3.22. The number of amides is 2. The molecule has 4 N–H and O–H groups in total. The van der Waals surface area contributed by atoms with Crippen molar-refractivity contribution in [3.63, 3.8) is 0 Å². The number of hydroxylamine groups is 1. The topological polar surface area (TPSA) is 98.7 Å². The van der Waals surface area contributed by atoms with Crippen molar-refractivity contribution < 1.29 is 19.9 Å². The van der Waals surface area contributed by atoms with Crippen molar-refractivity contribution in [3.8, 4) is 11.1 Å². The van der Waals surface area contributed by atoms with E-state index in [-0.39, 0.29) is 12.5 Å². The monoisotopic (exact) mass is 362 g/mol. The van der Waals surface area contributed by atoms with Gasteiger partial charge >= 0.3 is 0 Å². The summed E-state index contributed by atoms with van der Waals surface area (Å²) < 4.78 is 0. The maximum absolute atomic E-state index is 12.4. The van der Waals surface area contributed by atoms with Gasteiger partial charge in [-0.1, -0.05) is 36.4 Å². The zero-order valence-electron chi connectivity index (χ0n) is 14.3. The van der Waals surface area contributed by atoms with Gasteiger partial charge in [0.15, 0.2) is 0 Å². The quantitative estimate of drug-likeness (QED) is 0.414. The molecule has 0 heterocycles. The molecule has 0 fully saturated rings. The van der Waals surface area contributed by atoms with Gasteiger partial charge in [0, 0.05) is 16.8 Å². The van der Waals surface area contributed by atoms with Crippen LogP contribution in [-0.4, -0.2) is 22.1 Å². The van der Waals surface area contributed by atoms with Gasteiger partial charge in [-0.3, -0.25) is 14.8 Å². The van der Waals surface area contributed by atoms with Crippen molar-refractivity contribution in [3.05, 3.63) is 89.5 Å². The largest absolute Gasteiger partial charge is 0.392 e. The molecule has 3 rings (SSSR count). The van der Waals surface area contributed by atoms with E-state index in [1.165, 1.54) is 0 Å². The van der Waals surface area contributed by atoms with Gasteiger partial charge in [-0.05, 0) is 53.1 Å². The van der Waals surface area contributed by atoms with Crippen LogP contribution in [0.1, 0.15) is 26.3 Å². The van der Waals surface area contributed by atoms with Crippen molar-refractivity contribution in [2.75, 3.05) is 5.32 Å². The van der Waals surface area contributed by atoms with Gasteiger partial charge in [-0.25, -0.2) is 5.48 Å². The smallest absolute Gasteiger partial charge is 0.274 e. The van der Waals surface area contributed by atoms with E-state index < -0.39 is 5.91 Å². The summed E-state index contributed by atoms with van der Waals surface area (Å²) in [5, 5.41) is 20.6. The molecule has 2 amide bonds. The molecule has 0 aliphatic heterocycles. The fourth-order valence-electron chi connectivity index (χ4n) is 2.62. The normalized spacial score (nSPS) is 10.3. The SMILES string of the molecule is O=C(NO)c1ccc(-c2cccc(NC(=O)c3ccc(CO)cc3)c2)cc1. The second kappa shape index (κ2) is 8.27. The van der Waals surface area contributed by atoms with Gasteiger partial charge in [0.05, 0.1) is 6.61 Å². The number of aliphatic hydroxyl groups excluding tert-OH is 1. The molecule has 0 unspecified atom stereocenters. The lowest BCUT2D eigenvalue weighted by Crippen LogP contribution is -2.18. The molecular formula is C21H18N2O4. The maximum Gasteiger partial charge on any atom is 0.274 e. The van der Waals surface area contributed by atoms with Crippen LogP contribution in [0.15, 0.2) is 72.8 Å². The van der Waals surface area contributed by atoms with E-state index >= 15 is 0 Å². The summed E-state index contributed by atoms with van der Waals surface area (Å²) in [5.41, 5.74) is 5.56. The minimum Gasteiger partial charge on any atom is -0.392 e. The summed E-state index contributed by atoms with van der Waals surface area (Å²) in [6.07, 6.45) is 0. The average molecular weight is 362 g/mol. The summed E-state index contributed by atoms with van der Waals surface area (Å²) in [6, 6.07) is 20.8. The lowest BCUT2D eigenvalue weighted by molar-refractivity contribution is 0.0706. The van der Waals surface area contributed by atoms with Crippen LogP contribution < -0.4 is 10.8 Å². The van der Waals surface area contributed by atoms with Crippen LogP contribution >= 0.6 is 0 Å². The Morgan fingerprint density at radius 2 is 1.41 bits per heavy atom. The lowest BCUT2D eigenvalue weighted by atomic mass is 10.0. The Balaban J connectivity index is 1.76. The maximum atomic E-state index is 12.4. The second-order valence-electron chi connectivity index (χ2n) is 5.91. The molecule has 6 heteroatoms. The number of nitrogens with one attached hydrogen (secondary N) is 2. The van der Waals surface area contributed by atoms with Crippen LogP contribution in [-0.2, 0) is 6.61 Å². The first-order valence-electron chi connectivity index (χ1n) is 8.27. The van der Waals surface area contributed by atoms with E-state index in [0.717, 1.165) is 16.7 Å². The Morgan fingerprint density at radius 1 is 0.778 bits per heavy atom. The highest BCUT2D eigenvalue weighted by Crippen LogP contribution is 2.23. The third-order valence-corrected chi connectivity index (χ3v) is 4.10. The number of hydrogen-bond donors (Lipinski definition) is 4. The van der Waals surface area contributed by atoms with E-state index in [2.05, 4.69) is 5.32 Å². The summed E-state index contributed by atoms with van der Waals surface area (Å²) in [7, 11) is 0. The van der Waals surface area contributed by atoms with Gasteiger partial charge in [0.2, 0.25) is 0 Å². The number of hydrogen-bond acceptors (Lipinski definition) is 4. The van der Waals surface area contributed by atoms with E-state index in [0.29, 0.717) is 16.8 Å². The zero-order chi connectivity index (χ0) is 19.2. The first-order chi connectivity index (χ1) is 13.1. The molecule has 0 spiro atoms. The highest BCUT2D eigenvalue weighted by Gasteiger charge is 2.08. The Hall–Kier alpha value is -3.48. The molecule has 0 radical (unpaired) electrons. The first-order valence-corrected chi connectivity index (χ1v) is 8.27. The van der Waals surface area contributed by atoms with E-state index in [1.54, 1.807) is 60.1 Å². The molecule has 0 atom stereocenters. The van der Waals surface area contributed by atoms with Crippen LogP contribution in [0, 0.1) is 0 Å². The molecule has 136 valence electrons. The van der Waals surface area contributed by atoms with Gasteiger partial charge in [-0.2, -0.15) is 0 Å². The first kappa shape index (κ1) is 18.3. The van der Waals surface area contributed by atoms with Crippen molar-refractivity contribution >= 4 is 17.5 Å². The van der Waals surface area contributed by atoms with Crippen molar-refractivity contribution in [2.45, 2.75) is 6.61 Å². The molecule has 3 aromatic carbocycles. The second-order valence-corrected chi connectivity index (χ2v) is 5.91. The molecule has 3 aromatic rings. The summed E-state index contributed by atoms with van der Waals surface area (Å²) in [4.78, 5) is 23.8. The van der Waals surface area contributed by atoms with E-state index in [9.17, 15) is 9.59 Å². The standard InChI is InChI=1S/C21H18N2O4/c24-13-14-4-6-16(7-5-14)20(25)22-19-3-1-2-18(12-19)15-8-10-17(11-9-15)21(26)23-27/h1-12,24,27H,13H2,(H,22,25)(H,23,26). The highest BCUT2D eigenvalue weighted by atomic mass is 16.5. The van der Waals surface area contributed by atoms with Crippen molar-refractivity contribution in [1.29, 1.82) is 0 Å². The Morgan fingerprint density at radius 3 is 2.04 bits per heavy atom. The number of aliphatic hydroxyl groups is 1. The van der Waals surface area contributed by atoms with Crippen molar-refractivity contribution in [2.24, 2.45) is 0 Å². The molecule has 0 aromatic heterocycles. The number of anilines is 1. The molecule has 27 heavy (non-hydrogen) atoms. The van der Waals surface area contributed by atoms with Crippen molar-refractivity contribution in [1.82, 2.24) is 5.48 Å². The van der Waals surface area contributed by atoms with Gasteiger partial charge in [0.25, 0.3) is 11.8 Å². The minimum atomic E-state index is -0.574. The number of benzene rings is 3. The summed E-state index contributed by atoms with van der Waals surface area (Å²) >= 11 is 0. The molecule has 6 nitrogen and oxygen atoms in total. The Labute approximate surface area is 156 Å². The molecule has 0 bridgehead atoms. The van der Waals surface area contributed by atoms with Gasteiger partial charge in [0.1, 0.15) is 0 Å². The van der Waals surface area contributed by atoms with Crippen LogP contribution in [0.5, 0.6) is 0 Å². The Kier molecular flexibility index (Phi) is 5.61. The van der Waals surface area contributed by atoms with Crippen LogP contribution in [0.2, 0.25) is 0 Å². The fraction of sp³-hybridized carbons (Fsp3) is 0.0476. The van der Waals surface area contributed by atoms with Crippen LogP contribution in [0.4, 0.5) is 5.69 Å². The summed E-state index contributed by atoms with van der Waals surface area (Å²) in [6.45, 7) is -0.0668. The number of rotatable bonds is 5. The molecule has 0 saturated carbocycles. The molecule has 0 saturated heterocycles. The molecular weight excluding hydrogens is 344 g/mol. The fourth-order valence-corrected chi connectivity index (χ4v) is 2.62. The van der Waals surface area contributed by atoms with E-state index in [4.69, 9.17) is 10.3 Å². The Bertz CT molecular complexity index is 951. The highest BCUT2D eigenvalue weighted by molar-refractivity contribution is 6.04. The number of carbonyl (C=O) groups is 2. The van der Waals surface area contributed by atoms with Crippen LogP contribution in [0.3, 0.4) is 0 Å².